The van der Waals surface area contributed by atoms with Crippen molar-refractivity contribution in [3.63, 3.8) is 0 Å². The van der Waals surface area contributed by atoms with Gasteiger partial charge >= 0.3 is 0 Å². The lowest BCUT2D eigenvalue weighted by atomic mass is 10.0. The summed E-state index contributed by atoms with van der Waals surface area (Å²) in [7, 11) is -3.73. The number of para-hydroxylation sites is 1. The first-order chi connectivity index (χ1) is 15.8. The molecule has 1 N–H and O–H groups in total. The number of nitrogens with zero attached hydrogens (tertiary/aromatic N) is 2. The normalized spacial score (nSPS) is 13.7. The van der Waals surface area contributed by atoms with Gasteiger partial charge in [0.05, 0.1) is 25.8 Å². The molecule has 0 saturated carbocycles. The van der Waals surface area contributed by atoms with Gasteiger partial charge in [-0.15, -0.1) is 0 Å². The minimum absolute atomic E-state index is 0.151. The highest BCUT2D eigenvalue weighted by atomic mass is 35.5. The largest absolute Gasteiger partial charge is 0.298 e. The van der Waals surface area contributed by atoms with Gasteiger partial charge in [-0.05, 0) is 67.3 Å². The Morgan fingerprint density at radius 3 is 2.61 bits per heavy atom. The van der Waals surface area contributed by atoms with E-state index in [1.165, 1.54) is 39.9 Å². The van der Waals surface area contributed by atoms with E-state index in [0.29, 0.717) is 22.3 Å². The van der Waals surface area contributed by atoms with E-state index in [0.717, 1.165) is 39.9 Å². The number of sulfonamides is 1. The molecule has 0 bridgehead atoms. The van der Waals surface area contributed by atoms with Crippen LogP contribution in [0.15, 0.2) is 65.6 Å². The smallest absolute Gasteiger partial charge is 0.264 e. The molecular formula is C24H20ClN3O3S2. The minimum atomic E-state index is -3.73. The van der Waals surface area contributed by atoms with E-state index in [2.05, 4.69) is 10.3 Å². The zero-order valence-corrected chi connectivity index (χ0v) is 20.1. The molecular weight excluding hydrogens is 478 g/mol. The van der Waals surface area contributed by atoms with E-state index in [4.69, 9.17) is 11.6 Å². The molecule has 5 rings (SSSR count). The number of aromatic nitrogens is 1. The molecule has 1 amide bonds. The highest BCUT2D eigenvalue weighted by Crippen LogP contribution is 2.34. The Hall–Kier alpha value is -2.94. The summed E-state index contributed by atoms with van der Waals surface area (Å²) in [4.78, 5) is 17.4. The molecule has 9 heteroatoms. The molecule has 0 spiro atoms. The number of thiazole rings is 1. The predicted molar refractivity (Wildman–Crippen MR) is 133 cm³/mol. The van der Waals surface area contributed by atoms with Gasteiger partial charge in [-0.25, -0.2) is 13.4 Å². The van der Waals surface area contributed by atoms with E-state index in [-0.39, 0.29) is 10.8 Å². The molecule has 6 nitrogen and oxygen atoms in total. The number of amides is 1. The Morgan fingerprint density at radius 2 is 1.85 bits per heavy atom. The molecule has 0 fully saturated rings. The number of nitrogens with one attached hydrogen (secondary N) is 1. The first-order valence-corrected chi connectivity index (χ1v) is 13.1. The summed E-state index contributed by atoms with van der Waals surface area (Å²) in [5.41, 5.74) is 3.81. The van der Waals surface area contributed by atoms with Crippen molar-refractivity contribution in [2.45, 2.75) is 24.7 Å². The van der Waals surface area contributed by atoms with Crippen LogP contribution in [-0.4, -0.2) is 25.9 Å². The SMILES string of the molecule is Cc1ccc(Cl)c2sc(NC(=O)c3ccc(S(=O)(=O)N4CCCc5ccccc54)cc3)nc12. The molecule has 33 heavy (non-hydrogen) atoms. The molecule has 0 radical (unpaired) electrons. The molecule has 1 aliphatic heterocycles. The third kappa shape index (κ3) is 3.99. The first-order valence-electron chi connectivity index (χ1n) is 10.4. The van der Waals surface area contributed by atoms with Crippen molar-refractivity contribution < 1.29 is 13.2 Å². The maximum absolute atomic E-state index is 13.3. The third-order valence-electron chi connectivity index (χ3n) is 5.69. The number of aryl methyl sites for hydroxylation is 2. The molecule has 0 saturated heterocycles. The summed E-state index contributed by atoms with van der Waals surface area (Å²) in [6.45, 7) is 2.37. The highest BCUT2D eigenvalue weighted by Gasteiger charge is 2.29. The number of carbonyl (C=O) groups excluding carboxylic acids is 1. The van der Waals surface area contributed by atoms with Gasteiger partial charge in [0, 0.05) is 12.1 Å². The Bertz CT molecular complexity index is 1440. The van der Waals surface area contributed by atoms with Crippen molar-refractivity contribution in [1.82, 2.24) is 4.98 Å². The number of benzene rings is 3. The quantitative estimate of drug-likeness (QED) is 0.395. The minimum Gasteiger partial charge on any atom is -0.298 e. The molecule has 3 aromatic carbocycles. The van der Waals surface area contributed by atoms with Crippen LogP contribution in [0.2, 0.25) is 5.02 Å². The van der Waals surface area contributed by atoms with Crippen molar-refractivity contribution in [3.05, 3.63) is 82.4 Å². The molecule has 1 aromatic heterocycles. The number of carbonyl (C=O) groups is 1. The predicted octanol–water partition coefficient (Wildman–Crippen LogP) is 5.65. The summed E-state index contributed by atoms with van der Waals surface area (Å²) in [5, 5.41) is 3.81. The van der Waals surface area contributed by atoms with Crippen LogP contribution < -0.4 is 9.62 Å². The van der Waals surface area contributed by atoms with E-state index >= 15 is 0 Å². The molecule has 1 aliphatic rings. The van der Waals surface area contributed by atoms with Crippen LogP contribution in [0.25, 0.3) is 10.2 Å². The van der Waals surface area contributed by atoms with Gasteiger partial charge in [0.2, 0.25) is 0 Å². The van der Waals surface area contributed by atoms with Crippen molar-refractivity contribution in [2.24, 2.45) is 0 Å². The van der Waals surface area contributed by atoms with E-state index < -0.39 is 10.0 Å². The van der Waals surface area contributed by atoms with Crippen LogP contribution in [-0.2, 0) is 16.4 Å². The van der Waals surface area contributed by atoms with Crippen molar-refractivity contribution >= 4 is 59.9 Å². The summed E-state index contributed by atoms with van der Waals surface area (Å²) in [6, 6.07) is 17.2. The van der Waals surface area contributed by atoms with Crippen molar-refractivity contribution in [3.8, 4) is 0 Å². The van der Waals surface area contributed by atoms with Crippen LogP contribution in [0, 0.1) is 6.92 Å². The first kappa shape index (κ1) is 21.9. The van der Waals surface area contributed by atoms with E-state index in [1.54, 1.807) is 0 Å². The summed E-state index contributed by atoms with van der Waals surface area (Å²) in [6.07, 6.45) is 1.63. The van der Waals surface area contributed by atoms with Crippen LogP contribution in [0.1, 0.15) is 27.9 Å². The Morgan fingerprint density at radius 1 is 1.09 bits per heavy atom. The van der Waals surface area contributed by atoms with E-state index in [1.807, 2.05) is 43.3 Å². The van der Waals surface area contributed by atoms with Gasteiger partial charge in [0.25, 0.3) is 15.9 Å². The summed E-state index contributed by atoms with van der Waals surface area (Å²) < 4.78 is 28.8. The maximum atomic E-state index is 13.3. The average Bonchev–Trinajstić information content (AvgIpc) is 3.26. The maximum Gasteiger partial charge on any atom is 0.264 e. The van der Waals surface area contributed by atoms with Crippen LogP contribution >= 0.6 is 22.9 Å². The zero-order chi connectivity index (χ0) is 23.2. The lowest BCUT2D eigenvalue weighted by Gasteiger charge is -2.30. The fourth-order valence-corrected chi connectivity index (χ4v) is 6.73. The number of hydrogen-bond donors (Lipinski definition) is 1. The fraction of sp³-hybridized carbons (Fsp3) is 0.167. The van der Waals surface area contributed by atoms with Gasteiger partial charge in [-0.2, -0.15) is 0 Å². The topological polar surface area (TPSA) is 79.4 Å². The Labute approximate surface area is 200 Å². The molecule has 168 valence electrons. The van der Waals surface area contributed by atoms with Gasteiger partial charge in [0.1, 0.15) is 0 Å². The second kappa shape index (κ2) is 8.44. The van der Waals surface area contributed by atoms with Gasteiger partial charge in [0.15, 0.2) is 5.13 Å². The monoisotopic (exact) mass is 497 g/mol. The zero-order valence-electron chi connectivity index (χ0n) is 17.7. The number of rotatable bonds is 4. The Balaban J connectivity index is 1.38. The average molecular weight is 498 g/mol. The van der Waals surface area contributed by atoms with Gasteiger partial charge in [-0.3, -0.25) is 14.4 Å². The van der Waals surface area contributed by atoms with Crippen LogP contribution in [0.5, 0.6) is 0 Å². The Kier molecular flexibility index (Phi) is 5.60. The third-order valence-corrected chi connectivity index (χ3v) is 8.95. The molecule has 0 unspecified atom stereocenters. The van der Waals surface area contributed by atoms with Crippen LogP contribution in [0.4, 0.5) is 10.8 Å². The lowest BCUT2D eigenvalue weighted by molar-refractivity contribution is 0.102. The van der Waals surface area contributed by atoms with Crippen molar-refractivity contribution in [2.75, 3.05) is 16.2 Å². The summed E-state index contributed by atoms with van der Waals surface area (Å²) in [5.74, 6) is -0.366. The molecule has 2 heterocycles. The second-order valence-electron chi connectivity index (χ2n) is 7.85. The fourth-order valence-electron chi connectivity index (χ4n) is 3.98. The highest BCUT2D eigenvalue weighted by molar-refractivity contribution is 7.92. The van der Waals surface area contributed by atoms with Gasteiger partial charge < -0.3 is 0 Å². The number of anilines is 2. The molecule has 0 atom stereocenters. The number of fused-ring (bicyclic) bond motifs is 2. The standard InChI is InChI=1S/C24H20ClN3O3S2/c1-15-8-13-19(25)22-21(15)26-24(32-22)27-23(29)17-9-11-18(12-10-17)33(30,31)28-14-4-6-16-5-2-3-7-20(16)28/h2-3,5,7-13H,4,6,14H2,1H3,(H,26,27,29). The molecule has 4 aromatic rings. The second-order valence-corrected chi connectivity index (χ2v) is 11.1. The number of hydrogen-bond acceptors (Lipinski definition) is 5. The van der Waals surface area contributed by atoms with Crippen LogP contribution in [0.3, 0.4) is 0 Å². The van der Waals surface area contributed by atoms with Crippen molar-refractivity contribution in [1.29, 1.82) is 0 Å². The van der Waals surface area contributed by atoms with Gasteiger partial charge in [-0.1, -0.05) is 47.2 Å². The number of halogens is 1. The van der Waals surface area contributed by atoms with E-state index in [9.17, 15) is 13.2 Å². The summed E-state index contributed by atoms with van der Waals surface area (Å²) >= 11 is 7.55. The lowest BCUT2D eigenvalue weighted by Crippen LogP contribution is -2.35. The molecule has 0 aliphatic carbocycles.